The molecule has 0 unspecified atom stereocenters. The molecule has 0 bridgehead atoms. The Balaban J connectivity index is 0.000000172. The number of aromatic nitrogens is 4. The van der Waals surface area contributed by atoms with Crippen molar-refractivity contribution in [1.82, 2.24) is 19.3 Å². The average molecular weight is 464 g/mol. The van der Waals surface area contributed by atoms with Crippen LogP contribution < -0.4 is 22.3 Å². The smallest absolute Gasteiger partial charge is 0.266 e. The van der Waals surface area contributed by atoms with E-state index < -0.39 is 5.91 Å². The average Bonchev–Trinajstić information content (AvgIpc) is 3.16. The number of aryl methyl sites for hydroxylation is 1. The SMILES string of the molecule is CCc1nc2c(Cl)cccc2c(=O)n1-c1ccccc1.NC(=O)c1c(N)nn2c1NCC=C2. The molecular weight excluding hydrogens is 442 g/mol. The van der Waals surface area contributed by atoms with Gasteiger partial charge in [-0.1, -0.05) is 42.8 Å². The fourth-order valence-electron chi connectivity index (χ4n) is 3.58. The number of nitrogens with zero attached hydrogens (tertiary/aromatic N) is 4. The molecule has 5 rings (SSSR count). The summed E-state index contributed by atoms with van der Waals surface area (Å²) in [5, 5.41) is 7.93. The quantitative estimate of drug-likeness (QED) is 0.427. The molecule has 0 spiro atoms. The second-order valence-corrected chi connectivity index (χ2v) is 7.58. The van der Waals surface area contributed by atoms with E-state index >= 15 is 0 Å². The van der Waals surface area contributed by atoms with E-state index in [4.69, 9.17) is 23.1 Å². The highest BCUT2D eigenvalue weighted by Crippen LogP contribution is 2.23. The number of hydrogen-bond donors (Lipinski definition) is 3. The van der Waals surface area contributed by atoms with Gasteiger partial charge in [0.15, 0.2) is 5.82 Å². The van der Waals surface area contributed by atoms with Crippen molar-refractivity contribution in [2.45, 2.75) is 13.3 Å². The van der Waals surface area contributed by atoms with Crippen molar-refractivity contribution in [3.63, 3.8) is 0 Å². The van der Waals surface area contributed by atoms with Crippen LogP contribution in [0.4, 0.5) is 11.6 Å². The fraction of sp³-hybridized carbons (Fsp3) is 0.130. The Labute approximate surface area is 194 Å². The highest BCUT2D eigenvalue weighted by molar-refractivity contribution is 6.35. The Morgan fingerprint density at radius 1 is 1.18 bits per heavy atom. The first-order valence-electron chi connectivity index (χ1n) is 10.3. The van der Waals surface area contributed by atoms with Gasteiger partial charge in [-0.15, -0.1) is 5.10 Å². The molecule has 9 nitrogen and oxygen atoms in total. The molecule has 0 saturated carbocycles. The molecule has 33 heavy (non-hydrogen) atoms. The molecule has 168 valence electrons. The molecule has 1 aliphatic rings. The summed E-state index contributed by atoms with van der Waals surface area (Å²) in [7, 11) is 0. The van der Waals surface area contributed by atoms with Gasteiger partial charge in [-0.25, -0.2) is 9.67 Å². The molecule has 2 aromatic heterocycles. The number of carbonyl (C=O) groups excluding carboxylic acids is 1. The lowest BCUT2D eigenvalue weighted by molar-refractivity contribution is 0.100. The van der Waals surface area contributed by atoms with E-state index in [1.807, 2.05) is 43.3 Å². The normalized spacial score (nSPS) is 11.9. The van der Waals surface area contributed by atoms with E-state index in [-0.39, 0.29) is 16.9 Å². The highest BCUT2D eigenvalue weighted by atomic mass is 35.5. The van der Waals surface area contributed by atoms with Crippen LogP contribution in [0.2, 0.25) is 5.02 Å². The first-order chi connectivity index (χ1) is 15.9. The molecule has 10 heteroatoms. The van der Waals surface area contributed by atoms with Gasteiger partial charge < -0.3 is 16.8 Å². The second-order valence-electron chi connectivity index (χ2n) is 7.18. The van der Waals surface area contributed by atoms with Crippen molar-refractivity contribution in [3.05, 3.63) is 81.4 Å². The molecule has 5 N–H and O–H groups in total. The van der Waals surface area contributed by atoms with E-state index in [0.717, 1.165) is 5.69 Å². The lowest BCUT2D eigenvalue weighted by atomic mass is 10.2. The van der Waals surface area contributed by atoms with Crippen LogP contribution in [0.15, 0.2) is 59.4 Å². The molecule has 4 aromatic rings. The number of rotatable bonds is 3. The highest BCUT2D eigenvalue weighted by Gasteiger charge is 2.20. The number of nitrogens with two attached hydrogens (primary N) is 2. The Morgan fingerprint density at radius 3 is 2.64 bits per heavy atom. The van der Waals surface area contributed by atoms with Crippen LogP contribution in [0, 0.1) is 0 Å². The zero-order chi connectivity index (χ0) is 23.5. The molecule has 0 fully saturated rings. The minimum Gasteiger partial charge on any atom is -0.381 e. The molecule has 1 aliphatic heterocycles. The van der Waals surface area contributed by atoms with Gasteiger partial charge in [-0.2, -0.15) is 0 Å². The number of amides is 1. The fourth-order valence-corrected chi connectivity index (χ4v) is 3.80. The van der Waals surface area contributed by atoms with Crippen LogP contribution >= 0.6 is 11.6 Å². The zero-order valence-corrected chi connectivity index (χ0v) is 18.6. The molecule has 0 aliphatic carbocycles. The molecule has 0 atom stereocenters. The number of primary amides is 1. The topological polar surface area (TPSA) is 134 Å². The predicted octanol–water partition coefficient (Wildman–Crippen LogP) is 3.06. The number of halogens is 1. The molecule has 3 heterocycles. The first-order valence-corrected chi connectivity index (χ1v) is 10.6. The Bertz CT molecular complexity index is 1420. The lowest BCUT2D eigenvalue weighted by Gasteiger charge is -2.12. The molecule has 0 radical (unpaired) electrons. The van der Waals surface area contributed by atoms with Crippen molar-refractivity contribution < 1.29 is 4.79 Å². The van der Waals surface area contributed by atoms with Crippen molar-refractivity contribution in [2.24, 2.45) is 5.73 Å². The maximum Gasteiger partial charge on any atom is 0.266 e. The Hall–Kier alpha value is -4.11. The summed E-state index contributed by atoms with van der Waals surface area (Å²) in [6.45, 7) is 2.62. The van der Waals surface area contributed by atoms with Crippen molar-refractivity contribution in [1.29, 1.82) is 0 Å². The van der Waals surface area contributed by atoms with Gasteiger partial charge in [0, 0.05) is 19.2 Å². The Kier molecular flexibility index (Phi) is 6.14. The van der Waals surface area contributed by atoms with Crippen molar-refractivity contribution >= 4 is 46.2 Å². The number of para-hydroxylation sites is 2. The van der Waals surface area contributed by atoms with Gasteiger partial charge in [0.2, 0.25) is 0 Å². The Morgan fingerprint density at radius 2 is 1.94 bits per heavy atom. The van der Waals surface area contributed by atoms with Crippen molar-refractivity contribution in [3.8, 4) is 5.69 Å². The van der Waals surface area contributed by atoms with Crippen LogP contribution in [0.1, 0.15) is 23.1 Å². The minimum atomic E-state index is -0.568. The number of fused-ring (bicyclic) bond motifs is 2. The van der Waals surface area contributed by atoms with Crippen LogP contribution in [-0.4, -0.2) is 31.8 Å². The second kappa shape index (κ2) is 9.17. The number of nitrogens with one attached hydrogen (secondary N) is 1. The molecule has 0 saturated heterocycles. The third-order valence-corrected chi connectivity index (χ3v) is 5.37. The number of carbonyl (C=O) groups is 1. The van der Waals surface area contributed by atoms with Gasteiger partial charge in [0.25, 0.3) is 11.5 Å². The summed E-state index contributed by atoms with van der Waals surface area (Å²) in [4.78, 5) is 28.3. The van der Waals surface area contributed by atoms with Gasteiger partial charge in [0.05, 0.1) is 21.6 Å². The van der Waals surface area contributed by atoms with Crippen LogP contribution in [0.5, 0.6) is 0 Å². The summed E-state index contributed by atoms with van der Waals surface area (Å²) in [5.41, 5.74) is 12.2. The third-order valence-electron chi connectivity index (χ3n) is 5.07. The van der Waals surface area contributed by atoms with Gasteiger partial charge in [0.1, 0.15) is 17.2 Å². The van der Waals surface area contributed by atoms with Crippen LogP contribution in [0.3, 0.4) is 0 Å². The standard InChI is InChI=1S/C16H13ClN2O.C7H9N5O/c1-2-14-18-15-12(9-6-10-13(15)17)16(20)19(14)11-7-4-3-5-8-11;8-5-4(6(9)13)7-10-2-1-3-12(7)11-5/h3-10H,2H2,1H3;1,3,10H,2H2,(H2,8,11)(H2,9,13). The van der Waals surface area contributed by atoms with Gasteiger partial charge >= 0.3 is 0 Å². The molecule has 2 aromatic carbocycles. The monoisotopic (exact) mass is 463 g/mol. The third kappa shape index (κ3) is 4.18. The minimum absolute atomic E-state index is 0.0828. The predicted molar refractivity (Wildman–Crippen MR) is 131 cm³/mol. The number of benzene rings is 2. The van der Waals surface area contributed by atoms with Crippen molar-refractivity contribution in [2.75, 3.05) is 17.6 Å². The zero-order valence-electron chi connectivity index (χ0n) is 17.8. The largest absolute Gasteiger partial charge is 0.381 e. The summed E-state index contributed by atoms with van der Waals surface area (Å²) in [6, 6.07) is 14.8. The van der Waals surface area contributed by atoms with E-state index in [1.54, 1.807) is 29.0 Å². The van der Waals surface area contributed by atoms with E-state index in [2.05, 4.69) is 15.4 Å². The molecule has 1 amide bonds. The van der Waals surface area contributed by atoms with E-state index in [0.29, 0.717) is 40.5 Å². The van der Waals surface area contributed by atoms with E-state index in [1.165, 1.54) is 4.68 Å². The summed E-state index contributed by atoms with van der Waals surface area (Å²) >= 11 is 6.15. The van der Waals surface area contributed by atoms with E-state index in [9.17, 15) is 9.59 Å². The van der Waals surface area contributed by atoms with Crippen LogP contribution in [0.25, 0.3) is 22.8 Å². The maximum absolute atomic E-state index is 12.7. The summed E-state index contributed by atoms with van der Waals surface area (Å²) in [6.07, 6.45) is 4.25. The molecular formula is C23H22ClN7O2. The van der Waals surface area contributed by atoms with Crippen LogP contribution in [-0.2, 0) is 6.42 Å². The number of nitrogen functional groups attached to an aromatic ring is 1. The maximum atomic E-state index is 12.7. The van der Waals surface area contributed by atoms with Gasteiger partial charge in [-0.3, -0.25) is 14.2 Å². The summed E-state index contributed by atoms with van der Waals surface area (Å²) in [5.74, 6) is 0.859. The number of hydrogen-bond acceptors (Lipinski definition) is 6. The lowest BCUT2D eigenvalue weighted by Crippen LogP contribution is -2.23. The summed E-state index contributed by atoms with van der Waals surface area (Å²) < 4.78 is 3.15. The first kappa shape index (κ1) is 22.1. The number of anilines is 2. The van der Waals surface area contributed by atoms with Gasteiger partial charge in [-0.05, 0) is 30.3 Å².